The third kappa shape index (κ3) is 6.71. The molecule has 0 fully saturated rings. The molecule has 0 atom stereocenters. The fourth-order valence-corrected chi connectivity index (χ4v) is 4.25. The molecule has 2 N–H and O–H groups in total. The summed E-state index contributed by atoms with van der Waals surface area (Å²) in [7, 11) is -4.06. The molecule has 0 unspecified atom stereocenters. The molecule has 0 radical (unpaired) electrons. The van der Waals surface area contributed by atoms with Gasteiger partial charge in [-0.05, 0) is 55.5 Å². The van der Waals surface area contributed by atoms with Crippen molar-refractivity contribution in [3.8, 4) is 5.75 Å². The monoisotopic (exact) mass is 533 g/mol. The molecule has 0 aliphatic heterocycles. The van der Waals surface area contributed by atoms with Crippen molar-refractivity contribution in [3.63, 3.8) is 0 Å². The van der Waals surface area contributed by atoms with E-state index in [4.69, 9.17) is 21.1 Å². The molecule has 3 aromatic carbocycles. The third-order valence-corrected chi connectivity index (χ3v) is 6.22. The van der Waals surface area contributed by atoms with E-state index in [1.807, 2.05) is 0 Å². The Morgan fingerprint density at radius 1 is 1.03 bits per heavy atom. The molecule has 0 saturated carbocycles. The Balaban J connectivity index is 1.70. The molecule has 0 aliphatic carbocycles. The Morgan fingerprint density at radius 3 is 2.39 bits per heavy atom. The number of hydrogen-bond donors (Lipinski definition) is 2. The number of benzene rings is 3. The number of para-hydroxylation sites is 1. The highest BCUT2D eigenvalue weighted by Crippen LogP contribution is 2.28. The van der Waals surface area contributed by atoms with Gasteiger partial charge in [0.25, 0.3) is 21.6 Å². The number of esters is 1. The van der Waals surface area contributed by atoms with Crippen LogP contribution < -0.4 is 14.8 Å². The molecular weight excluding hydrogens is 514 g/mol. The summed E-state index contributed by atoms with van der Waals surface area (Å²) in [6.45, 7) is 1.43. The summed E-state index contributed by atoms with van der Waals surface area (Å²) in [6.07, 6.45) is 0. The number of anilines is 2. The summed E-state index contributed by atoms with van der Waals surface area (Å²) >= 11 is 5.83. The van der Waals surface area contributed by atoms with Gasteiger partial charge in [0.15, 0.2) is 6.61 Å². The molecule has 0 spiro atoms. The quantitative estimate of drug-likeness (QED) is 0.223. The van der Waals surface area contributed by atoms with E-state index in [-0.39, 0.29) is 26.9 Å². The van der Waals surface area contributed by atoms with Gasteiger partial charge in [0.2, 0.25) is 0 Å². The Bertz CT molecular complexity index is 1390. The number of nitrogens with one attached hydrogen (secondary N) is 2. The molecule has 0 heterocycles. The second-order valence-electron chi connectivity index (χ2n) is 7.10. The number of halogens is 1. The average Bonchev–Trinajstić information content (AvgIpc) is 2.83. The van der Waals surface area contributed by atoms with Crippen LogP contribution in [-0.2, 0) is 19.6 Å². The predicted molar refractivity (Wildman–Crippen MR) is 132 cm³/mol. The number of rotatable bonds is 10. The fourth-order valence-electron chi connectivity index (χ4n) is 3.00. The van der Waals surface area contributed by atoms with Gasteiger partial charge < -0.3 is 14.8 Å². The van der Waals surface area contributed by atoms with Crippen molar-refractivity contribution in [1.29, 1.82) is 0 Å². The van der Waals surface area contributed by atoms with Crippen LogP contribution in [0.25, 0.3) is 0 Å². The van der Waals surface area contributed by atoms with Gasteiger partial charge in [0, 0.05) is 11.1 Å². The highest BCUT2D eigenvalue weighted by atomic mass is 35.5. The predicted octanol–water partition coefficient (Wildman–Crippen LogP) is 4.24. The van der Waals surface area contributed by atoms with Crippen LogP contribution >= 0.6 is 11.6 Å². The molecule has 11 nitrogen and oxygen atoms in total. The van der Waals surface area contributed by atoms with E-state index in [1.165, 1.54) is 60.7 Å². The van der Waals surface area contributed by atoms with E-state index < -0.39 is 39.1 Å². The van der Waals surface area contributed by atoms with Crippen LogP contribution in [0.1, 0.15) is 17.3 Å². The van der Waals surface area contributed by atoms with Gasteiger partial charge in [-0.3, -0.25) is 19.6 Å². The number of carbonyl (C=O) groups excluding carboxylic acids is 2. The normalized spacial score (nSPS) is 10.8. The topological polar surface area (TPSA) is 154 Å². The second kappa shape index (κ2) is 11.5. The Labute approximate surface area is 211 Å². The van der Waals surface area contributed by atoms with E-state index >= 15 is 0 Å². The summed E-state index contributed by atoms with van der Waals surface area (Å²) in [4.78, 5) is 35.2. The van der Waals surface area contributed by atoms with Gasteiger partial charge in [-0.25, -0.2) is 13.2 Å². The maximum Gasteiger partial charge on any atom is 0.340 e. The summed E-state index contributed by atoms with van der Waals surface area (Å²) in [5.74, 6) is -1.35. The molecule has 0 saturated heterocycles. The largest absolute Gasteiger partial charge is 0.494 e. The summed E-state index contributed by atoms with van der Waals surface area (Å²) in [5, 5.41) is 13.5. The van der Waals surface area contributed by atoms with Gasteiger partial charge in [0.1, 0.15) is 11.4 Å². The maximum absolute atomic E-state index is 12.8. The lowest BCUT2D eigenvalue weighted by atomic mass is 10.2. The lowest BCUT2D eigenvalue weighted by molar-refractivity contribution is -0.383. The zero-order valence-electron chi connectivity index (χ0n) is 18.8. The van der Waals surface area contributed by atoms with Crippen molar-refractivity contribution in [2.24, 2.45) is 0 Å². The Kier molecular flexibility index (Phi) is 8.46. The average molecular weight is 534 g/mol. The van der Waals surface area contributed by atoms with Gasteiger partial charge in [0.05, 0.1) is 27.7 Å². The van der Waals surface area contributed by atoms with Gasteiger partial charge in [-0.2, -0.15) is 0 Å². The first-order valence-electron chi connectivity index (χ1n) is 10.4. The molecule has 3 aromatic rings. The standard InChI is InChI=1S/C23H20ClN3O8S/c1-2-34-16-8-10-17(11-9-16)36(32,33)26-19-6-4-3-5-18(19)23(29)35-14-22(28)25-20-13-15(24)7-12-21(20)27(30)31/h3-13,26H,2,14H2,1H3,(H,25,28). The highest BCUT2D eigenvalue weighted by Gasteiger charge is 2.21. The van der Waals surface area contributed by atoms with E-state index in [0.29, 0.717) is 12.4 Å². The zero-order valence-corrected chi connectivity index (χ0v) is 20.3. The van der Waals surface area contributed by atoms with Gasteiger partial charge in [-0.15, -0.1) is 0 Å². The zero-order chi connectivity index (χ0) is 26.3. The van der Waals surface area contributed by atoms with Crippen LogP contribution in [-0.4, -0.2) is 38.4 Å². The van der Waals surface area contributed by atoms with Crippen LogP contribution in [0.2, 0.25) is 5.02 Å². The van der Waals surface area contributed by atoms with Crippen molar-refractivity contribution >= 4 is 50.6 Å². The third-order valence-electron chi connectivity index (χ3n) is 4.60. The van der Waals surface area contributed by atoms with Crippen LogP contribution in [0, 0.1) is 10.1 Å². The lowest BCUT2D eigenvalue weighted by Gasteiger charge is -2.13. The smallest absolute Gasteiger partial charge is 0.340 e. The van der Waals surface area contributed by atoms with Gasteiger partial charge >= 0.3 is 5.97 Å². The summed E-state index contributed by atoms with van der Waals surface area (Å²) in [6, 6.07) is 15.0. The van der Waals surface area contributed by atoms with Crippen LogP contribution in [0.5, 0.6) is 5.75 Å². The van der Waals surface area contributed by atoms with Crippen LogP contribution in [0.15, 0.2) is 71.6 Å². The minimum Gasteiger partial charge on any atom is -0.494 e. The van der Waals surface area contributed by atoms with Crippen LogP contribution in [0.3, 0.4) is 0 Å². The van der Waals surface area contributed by atoms with Crippen molar-refractivity contribution < 1.29 is 32.4 Å². The summed E-state index contributed by atoms with van der Waals surface area (Å²) in [5.41, 5.74) is -0.777. The van der Waals surface area contributed by atoms with Crippen molar-refractivity contribution in [3.05, 3.63) is 87.4 Å². The van der Waals surface area contributed by atoms with E-state index in [9.17, 15) is 28.1 Å². The molecule has 13 heteroatoms. The van der Waals surface area contributed by atoms with Crippen molar-refractivity contribution in [2.45, 2.75) is 11.8 Å². The molecule has 0 aromatic heterocycles. The lowest BCUT2D eigenvalue weighted by Crippen LogP contribution is -2.22. The molecule has 0 bridgehead atoms. The molecule has 0 aliphatic rings. The minimum atomic E-state index is -4.06. The van der Waals surface area contributed by atoms with E-state index in [1.54, 1.807) is 6.92 Å². The molecule has 36 heavy (non-hydrogen) atoms. The number of nitrogens with zero attached hydrogens (tertiary/aromatic N) is 1. The molecular formula is C23H20ClN3O8S. The van der Waals surface area contributed by atoms with Crippen molar-refractivity contribution in [1.82, 2.24) is 0 Å². The Morgan fingerprint density at radius 2 is 1.72 bits per heavy atom. The number of nitro groups is 1. The fraction of sp³-hybridized carbons (Fsp3) is 0.130. The number of nitro benzene ring substituents is 1. The number of carbonyl (C=O) groups is 2. The number of ether oxygens (including phenoxy) is 2. The first-order chi connectivity index (χ1) is 17.1. The maximum atomic E-state index is 12.8. The highest BCUT2D eigenvalue weighted by molar-refractivity contribution is 7.92. The van der Waals surface area contributed by atoms with Crippen molar-refractivity contribution in [2.75, 3.05) is 23.3 Å². The molecule has 1 amide bonds. The molecule has 188 valence electrons. The first-order valence-corrected chi connectivity index (χ1v) is 12.2. The Hall–Kier alpha value is -4.16. The first kappa shape index (κ1) is 26.4. The number of hydrogen-bond acceptors (Lipinski definition) is 8. The summed E-state index contributed by atoms with van der Waals surface area (Å²) < 4.78 is 38.2. The van der Waals surface area contributed by atoms with E-state index in [0.717, 1.165) is 6.07 Å². The SMILES string of the molecule is CCOc1ccc(S(=O)(=O)Nc2ccccc2C(=O)OCC(=O)Nc2cc(Cl)ccc2[N+](=O)[O-])cc1. The molecule has 3 rings (SSSR count). The van der Waals surface area contributed by atoms with E-state index in [2.05, 4.69) is 10.0 Å². The van der Waals surface area contributed by atoms with Gasteiger partial charge in [-0.1, -0.05) is 23.7 Å². The minimum absolute atomic E-state index is 0.0587. The second-order valence-corrected chi connectivity index (χ2v) is 9.22. The number of amides is 1. The van der Waals surface area contributed by atoms with Crippen LogP contribution in [0.4, 0.5) is 17.1 Å². The number of sulfonamides is 1.